The van der Waals surface area contributed by atoms with Crippen LogP contribution in [0.4, 0.5) is 4.39 Å². The Labute approximate surface area is 234 Å². The Morgan fingerprint density at radius 1 is 1.07 bits per heavy atom. The molecule has 1 heterocycles. The van der Waals surface area contributed by atoms with Crippen LogP contribution in [0.5, 0.6) is 0 Å². The van der Waals surface area contributed by atoms with E-state index in [1.54, 1.807) is 26.8 Å². The third-order valence-electron chi connectivity index (χ3n) is 5.92. The fraction of sp³-hybridized carbons (Fsp3) is 0.387. The zero-order valence-electron chi connectivity index (χ0n) is 23.6. The molecule has 0 aliphatic heterocycles. The van der Waals surface area contributed by atoms with Crippen molar-refractivity contribution in [2.24, 2.45) is 0 Å². The molecular formula is C31H38FN3O5. The quantitative estimate of drug-likeness (QED) is 0.292. The predicted molar refractivity (Wildman–Crippen MR) is 151 cm³/mol. The SMILES string of the molecule is CC(C)c1c(/C=C/[C@@H](O)C[C@@H](O)CC(=O)OC(C)(C)C)nn(-c2ccc(F)cc2)c1C(=O)NCc1ccccc1. The van der Waals surface area contributed by atoms with Crippen molar-refractivity contribution in [1.29, 1.82) is 0 Å². The number of nitrogens with zero attached hydrogens (tertiary/aromatic N) is 2. The lowest BCUT2D eigenvalue weighted by Crippen LogP contribution is -2.27. The standard InChI is InChI=1S/C31H38FN3O5/c1-20(2)28-26(16-15-24(36)17-25(37)18-27(38)40-31(3,4)5)34-35(23-13-11-22(32)12-14-23)29(28)30(39)33-19-21-9-7-6-8-10-21/h6-16,20,24-25,36-37H,17-19H2,1-5H3,(H,33,39)/b16-15+/t24-,25-/m1/s1. The van der Waals surface area contributed by atoms with E-state index in [1.165, 1.54) is 35.0 Å². The third kappa shape index (κ3) is 8.86. The predicted octanol–water partition coefficient (Wildman–Crippen LogP) is 4.92. The van der Waals surface area contributed by atoms with E-state index < -0.39 is 29.6 Å². The molecule has 0 bridgehead atoms. The molecule has 3 rings (SSSR count). The first kappa shape index (κ1) is 30.7. The zero-order valence-corrected chi connectivity index (χ0v) is 23.6. The molecule has 214 valence electrons. The fourth-order valence-electron chi connectivity index (χ4n) is 4.21. The highest BCUT2D eigenvalue weighted by molar-refractivity contribution is 5.95. The van der Waals surface area contributed by atoms with Gasteiger partial charge in [0.05, 0.1) is 30.0 Å². The molecule has 8 nitrogen and oxygen atoms in total. The van der Waals surface area contributed by atoms with Gasteiger partial charge in [0.1, 0.15) is 17.1 Å². The molecule has 1 aromatic heterocycles. The maximum atomic E-state index is 13.7. The smallest absolute Gasteiger partial charge is 0.308 e. The molecule has 1 amide bonds. The van der Waals surface area contributed by atoms with Gasteiger partial charge in [-0.05, 0) is 62.6 Å². The summed E-state index contributed by atoms with van der Waals surface area (Å²) in [6.07, 6.45) is 0.542. The summed E-state index contributed by atoms with van der Waals surface area (Å²) in [5.41, 5.74) is 2.16. The lowest BCUT2D eigenvalue weighted by atomic mass is 9.98. The summed E-state index contributed by atoms with van der Waals surface area (Å²) in [6.45, 7) is 9.38. The topological polar surface area (TPSA) is 114 Å². The second-order valence-electron chi connectivity index (χ2n) is 11.0. The molecule has 9 heteroatoms. The summed E-state index contributed by atoms with van der Waals surface area (Å²) in [7, 11) is 0. The lowest BCUT2D eigenvalue weighted by Gasteiger charge is -2.21. The van der Waals surface area contributed by atoms with Crippen LogP contribution in [0.25, 0.3) is 11.8 Å². The number of aliphatic hydroxyl groups is 2. The van der Waals surface area contributed by atoms with Gasteiger partial charge < -0.3 is 20.3 Å². The summed E-state index contributed by atoms with van der Waals surface area (Å²) in [5, 5.41) is 28.4. The number of rotatable bonds is 11. The van der Waals surface area contributed by atoms with E-state index >= 15 is 0 Å². The van der Waals surface area contributed by atoms with Crippen molar-refractivity contribution in [1.82, 2.24) is 15.1 Å². The molecule has 0 radical (unpaired) electrons. The maximum Gasteiger partial charge on any atom is 0.308 e. The molecular weight excluding hydrogens is 513 g/mol. The number of hydrogen-bond acceptors (Lipinski definition) is 6. The largest absolute Gasteiger partial charge is 0.460 e. The van der Waals surface area contributed by atoms with Crippen LogP contribution in [0, 0.1) is 5.82 Å². The van der Waals surface area contributed by atoms with Gasteiger partial charge in [0.15, 0.2) is 0 Å². The van der Waals surface area contributed by atoms with Gasteiger partial charge in [0, 0.05) is 18.5 Å². The highest BCUT2D eigenvalue weighted by Gasteiger charge is 2.26. The summed E-state index contributed by atoms with van der Waals surface area (Å²) in [6, 6.07) is 15.2. The second-order valence-corrected chi connectivity index (χ2v) is 11.0. The average Bonchev–Trinajstić information content (AvgIpc) is 3.26. The number of carbonyl (C=O) groups excluding carboxylic acids is 2. The van der Waals surface area contributed by atoms with Gasteiger partial charge in [-0.3, -0.25) is 9.59 Å². The molecule has 0 aliphatic carbocycles. The first-order valence-corrected chi connectivity index (χ1v) is 13.3. The van der Waals surface area contributed by atoms with Crippen molar-refractivity contribution >= 4 is 18.0 Å². The van der Waals surface area contributed by atoms with Crippen LogP contribution in [-0.2, 0) is 16.1 Å². The number of halogens is 1. The van der Waals surface area contributed by atoms with Crippen LogP contribution in [-0.4, -0.2) is 49.7 Å². The summed E-state index contributed by atoms with van der Waals surface area (Å²) < 4.78 is 20.4. The molecule has 3 aromatic rings. The van der Waals surface area contributed by atoms with Crippen molar-refractivity contribution in [3.8, 4) is 5.69 Å². The van der Waals surface area contributed by atoms with Crippen molar-refractivity contribution in [3.05, 3.63) is 89.0 Å². The highest BCUT2D eigenvalue weighted by atomic mass is 19.1. The molecule has 0 saturated carbocycles. The molecule has 0 aliphatic rings. The number of aromatic nitrogens is 2. The first-order chi connectivity index (χ1) is 18.8. The second kappa shape index (κ2) is 13.5. The highest BCUT2D eigenvalue weighted by Crippen LogP contribution is 2.28. The minimum absolute atomic E-state index is 0.0875. The van der Waals surface area contributed by atoms with Crippen LogP contribution in [0.3, 0.4) is 0 Å². The van der Waals surface area contributed by atoms with Crippen molar-refractivity contribution in [2.45, 2.75) is 77.7 Å². The van der Waals surface area contributed by atoms with E-state index in [1.807, 2.05) is 44.2 Å². The molecule has 40 heavy (non-hydrogen) atoms. The Morgan fingerprint density at radius 2 is 1.73 bits per heavy atom. The number of aliphatic hydroxyl groups excluding tert-OH is 2. The number of nitrogens with one attached hydrogen (secondary N) is 1. The van der Waals surface area contributed by atoms with Crippen molar-refractivity contribution < 1.29 is 28.9 Å². The lowest BCUT2D eigenvalue weighted by molar-refractivity contribution is -0.157. The van der Waals surface area contributed by atoms with Gasteiger partial charge in [0.2, 0.25) is 0 Å². The minimum atomic E-state index is -1.10. The Balaban J connectivity index is 1.88. The van der Waals surface area contributed by atoms with Crippen LogP contribution in [0.1, 0.15) is 80.7 Å². The molecule has 0 fully saturated rings. The van der Waals surface area contributed by atoms with E-state index in [4.69, 9.17) is 4.74 Å². The minimum Gasteiger partial charge on any atom is -0.460 e. The van der Waals surface area contributed by atoms with Gasteiger partial charge in [0.25, 0.3) is 5.91 Å². The Morgan fingerprint density at radius 3 is 2.33 bits per heavy atom. The summed E-state index contributed by atoms with van der Waals surface area (Å²) in [4.78, 5) is 25.5. The Kier molecular flexibility index (Phi) is 10.4. The number of carbonyl (C=O) groups is 2. The molecule has 0 unspecified atom stereocenters. The van der Waals surface area contributed by atoms with Crippen LogP contribution >= 0.6 is 0 Å². The zero-order chi connectivity index (χ0) is 29.4. The van der Waals surface area contributed by atoms with E-state index in [2.05, 4.69) is 10.4 Å². The van der Waals surface area contributed by atoms with E-state index in [-0.39, 0.29) is 24.7 Å². The first-order valence-electron chi connectivity index (χ1n) is 13.3. The van der Waals surface area contributed by atoms with Crippen LogP contribution in [0.15, 0.2) is 60.7 Å². The summed E-state index contributed by atoms with van der Waals surface area (Å²) >= 11 is 0. The Bertz CT molecular complexity index is 1310. The van der Waals surface area contributed by atoms with Crippen LogP contribution < -0.4 is 5.32 Å². The van der Waals surface area contributed by atoms with Gasteiger partial charge >= 0.3 is 5.97 Å². The average molecular weight is 552 g/mol. The number of hydrogen-bond donors (Lipinski definition) is 3. The number of esters is 1. The van der Waals surface area contributed by atoms with Crippen LogP contribution in [0.2, 0.25) is 0 Å². The molecule has 2 atom stereocenters. The monoisotopic (exact) mass is 551 g/mol. The van der Waals surface area contributed by atoms with E-state index in [0.29, 0.717) is 29.2 Å². The van der Waals surface area contributed by atoms with E-state index in [0.717, 1.165) is 5.56 Å². The van der Waals surface area contributed by atoms with Gasteiger partial charge in [-0.2, -0.15) is 5.10 Å². The van der Waals surface area contributed by atoms with E-state index in [9.17, 15) is 24.2 Å². The van der Waals surface area contributed by atoms with Crippen molar-refractivity contribution in [3.63, 3.8) is 0 Å². The van der Waals surface area contributed by atoms with Gasteiger partial charge in [-0.15, -0.1) is 0 Å². The Hall–Kier alpha value is -3.82. The normalized spacial score (nSPS) is 13.4. The number of amides is 1. The number of ether oxygens (including phenoxy) is 1. The van der Waals surface area contributed by atoms with Crippen molar-refractivity contribution in [2.75, 3.05) is 0 Å². The summed E-state index contributed by atoms with van der Waals surface area (Å²) in [5.74, 6) is -1.44. The third-order valence-corrected chi connectivity index (χ3v) is 5.92. The molecule has 0 saturated heterocycles. The van der Waals surface area contributed by atoms with Gasteiger partial charge in [-0.1, -0.05) is 50.3 Å². The fourth-order valence-corrected chi connectivity index (χ4v) is 4.21. The van der Waals surface area contributed by atoms with Gasteiger partial charge in [-0.25, -0.2) is 9.07 Å². The number of benzene rings is 2. The molecule has 2 aromatic carbocycles. The molecule has 3 N–H and O–H groups in total. The molecule has 0 spiro atoms. The maximum absolute atomic E-state index is 13.7.